The third-order valence-corrected chi connectivity index (χ3v) is 3.88. The molecule has 0 aromatic heterocycles. The second-order valence-corrected chi connectivity index (χ2v) is 5.26. The molecule has 0 radical (unpaired) electrons. The van der Waals surface area contributed by atoms with Gasteiger partial charge in [0.25, 0.3) is 0 Å². The van der Waals surface area contributed by atoms with Gasteiger partial charge in [-0.3, -0.25) is 0 Å². The van der Waals surface area contributed by atoms with Crippen molar-refractivity contribution in [2.45, 2.75) is 19.4 Å². The van der Waals surface area contributed by atoms with Crippen molar-refractivity contribution in [2.24, 2.45) is 0 Å². The van der Waals surface area contributed by atoms with Crippen LogP contribution in [0.2, 0.25) is 0 Å². The van der Waals surface area contributed by atoms with Crippen molar-refractivity contribution in [1.82, 2.24) is 10.6 Å². The molecule has 0 amide bonds. The number of nitrogens with one attached hydrogen (secondary N) is 2. The Labute approximate surface area is 140 Å². The molecular formula is C16H20N2O4S. The molecule has 1 aromatic carbocycles. The molecule has 0 aliphatic carbocycles. The van der Waals surface area contributed by atoms with Crippen LogP contribution in [0, 0.1) is 0 Å². The number of esters is 1. The minimum Gasteiger partial charge on any atom is -0.493 e. The summed E-state index contributed by atoms with van der Waals surface area (Å²) in [5, 5.41) is 6.59. The van der Waals surface area contributed by atoms with Crippen molar-refractivity contribution >= 4 is 23.3 Å². The second kappa shape index (κ2) is 7.32. The summed E-state index contributed by atoms with van der Waals surface area (Å²) in [5.41, 5.74) is 1.97. The highest BCUT2D eigenvalue weighted by molar-refractivity contribution is 7.80. The summed E-state index contributed by atoms with van der Waals surface area (Å²) in [6, 6.07) is 5.02. The highest BCUT2D eigenvalue weighted by Gasteiger charge is 2.33. The Kier molecular flexibility index (Phi) is 5.44. The van der Waals surface area contributed by atoms with Crippen molar-refractivity contribution in [1.29, 1.82) is 0 Å². The number of thiocarbonyl (C=S) groups is 1. The third-order valence-electron chi connectivity index (χ3n) is 3.66. The summed E-state index contributed by atoms with van der Waals surface area (Å²) in [7, 11) is 4.48. The van der Waals surface area contributed by atoms with Gasteiger partial charge in [0.15, 0.2) is 16.6 Å². The van der Waals surface area contributed by atoms with Gasteiger partial charge in [-0.1, -0.05) is 19.1 Å². The average molecular weight is 336 g/mol. The highest BCUT2D eigenvalue weighted by Crippen LogP contribution is 2.39. The normalized spacial score (nSPS) is 17.2. The molecule has 124 valence electrons. The van der Waals surface area contributed by atoms with E-state index < -0.39 is 12.0 Å². The Bertz CT molecular complexity index is 657. The number of carbonyl (C=O) groups is 1. The Morgan fingerprint density at radius 3 is 2.57 bits per heavy atom. The standard InChI is InChI=1S/C16H20N2O4S/c1-5-10-12(15(19)22-4)13(18-16(23)17-10)9-7-6-8-11(20-2)14(9)21-3/h6-8,13H,5H2,1-4H3,(H2,17,18,23)/t13-/m1/s1. The molecule has 6 nitrogen and oxygen atoms in total. The lowest BCUT2D eigenvalue weighted by atomic mass is 9.93. The molecule has 7 heteroatoms. The number of benzene rings is 1. The number of rotatable bonds is 5. The van der Waals surface area contributed by atoms with E-state index in [4.69, 9.17) is 26.4 Å². The number of hydrogen-bond acceptors (Lipinski definition) is 5. The Balaban J connectivity index is 2.64. The Morgan fingerprint density at radius 2 is 2.00 bits per heavy atom. The zero-order valence-corrected chi connectivity index (χ0v) is 14.4. The molecule has 0 unspecified atom stereocenters. The molecular weight excluding hydrogens is 316 g/mol. The fourth-order valence-corrected chi connectivity index (χ4v) is 2.86. The zero-order valence-electron chi connectivity index (χ0n) is 13.6. The fraction of sp³-hybridized carbons (Fsp3) is 0.375. The predicted octanol–water partition coefficient (Wildman–Crippen LogP) is 2.06. The number of hydrogen-bond donors (Lipinski definition) is 2. The maximum atomic E-state index is 12.3. The maximum absolute atomic E-state index is 12.3. The summed E-state index contributed by atoms with van der Waals surface area (Å²) >= 11 is 5.26. The largest absolute Gasteiger partial charge is 0.493 e. The lowest BCUT2D eigenvalue weighted by Gasteiger charge is -2.31. The number of carbonyl (C=O) groups excluding carboxylic acids is 1. The summed E-state index contributed by atoms with van der Waals surface area (Å²) in [5.74, 6) is 0.715. The van der Waals surface area contributed by atoms with Gasteiger partial charge in [0.05, 0.1) is 32.9 Å². The molecule has 23 heavy (non-hydrogen) atoms. The van der Waals surface area contributed by atoms with Crippen LogP contribution >= 0.6 is 12.2 Å². The second-order valence-electron chi connectivity index (χ2n) is 4.85. The van der Waals surface area contributed by atoms with E-state index >= 15 is 0 Å². The summed E-state index contributed by atoms with van der Waals surface area (Å²) in [4.78, 5) is 12.3. The average Bonchev–Trinajstić information content (AvgIpc) is 2.59. The number of para-hydroxylation sites is 1. The minimum atomic E-state index is -0.476. The van der Waals surface area contributed by atoms with Crippen molar-refractivity contribution in [3.63, 3.8) is 0 Å². The van der Waals surface area contributed by atoms with Gasteiger partial charge in [-0.25, -0.2) is 4.79 Å². The summed E-state index contributed by atoms with van der Waals surface area (Å²) < 4.78 is 15.8. The lowest BCUT2D eigenvalue weighted by Crippen LogP contribution is -2.45. The van der Waals surface area contributed by atoms with Crippen LogP contribution in [0.15, 0.2) is 29.5 Å². The van der Waals surface area contributed by atoms with Crippen LogP contribution in [0.25, 0.3) is 0 Å². The molecule has 1 aliphatic heterocycles. The van der Waals surface area contributed by atoms with Crippen LogP contribution in [0.1, 0.15) is 24.9 Å². The molecule has 0 spiro atoms. The molecule has 1 aromatic rings. The van der Waals surface area contributed by atoms with Gasteiger partial charge in [-0.2, -0.15) is 0 Å². The predicted molar refractivity (Wildman–Crippen MR) is 90.5 cm³/mol. The molecule has 0 fully saturated rings. The van der Waals surface area contributed by atoms with E-state index in [2.05, 4.69) is 10.6 Å². The molecule has 0 saturated heterocycles. The van der Waals surface area contributed by atoms with Gasteiger partial charge in [0.2, 0.25) is 0 Å². The first-order valence-corrected chi connectivity index (χ1v) is 7.57. The highest BCUT2D eigenvalue weighted by atomic mass is 32.1. The Hall–Kier alpha value is -2.28. The van der Waals surface area contributed by atoms with E-state index in [0.29, 0.717) is 28.6 Å². The van der Waals surface area contributed by atoms with Gasteiger partial charge < -0.3 is 24.8 Å². The van der Waals surface area contributed by atoms with E-state index in [9.17, 15) is 4.79 Å². The zero-order chi connectivity index (χ0) is 17.0. The van der Waals surface area contributed by atoms with Gasteiger partial charge in [-0.15, -0.1) is 0 Å². The molecule has 2 rings (SSSR count). The molecule has 1 aliphatic rings. The number of allylic oxidation sites excluding steroid dienone is 1. The number of methoxy groups -OCH3 is 3. The first-order valence-electron chi connectivity index (χ1n) is 7.17. The number of ether oxygens (including phenoxy) is 3. The molecule has 0 saturated carbocycles. The van der Waals surface area contributed by atoms with E-state index in [1.165, 1.54) is 7.11 Å². The van der Waals surface area contributed by atoms with Crippen molar-refractivity contribution < 1.29 is 19.0 Å². The van der Waals surface area contributed by atoms with Gasteiger partial charge in [-0.05, 0) is 24.7 Å². The van der Waals surface area contributed by atoms with Crippen LogP contribution in [0.4, 0.5) is 0 Å². The van der Waals surface area contributed by atoms with Crippen LogP contribution in [-0.2, 0) is 9.53 Å². The summed E-state index contributed by atoms with van der Waals surface area (Å²) in [6.45, 7) is 1.94. The van der Waals surface area contributed by atoms with Crippen LogP contribution in [0.5, 0.6) is 11.5 Å². The molecule has 2 N–H and O–H groups in total. The third kappa shape index (κ3) is 3.24. The maximum Gasteiger partial charge on any atom is 0.337 e. The van der Waals surface area contributed by atoms with Crippen molar-refractivity contribution in [3.8, 4) is 11.5 Å². The van der Waals surface area contributed by atoms with Gasteiger partial charge in [0, 0.05) is 11.3 Å². The van der Waals surface area contributed by atoms with Crippen LogP contribution < -0.4 is 20.1 Å². The lowest BCUT2D eigenvalue weighted by molar-refractivity contribution is -0.136. The quantitative estimate of drug-likeness (QED) is 0.630. The van der Waals surface area contributed by atoms with Gasteiger partial charge >= 0.3 is 5.97 Å². The fourth-order valence-electron chi connectivity index (χ4n) is 2.62. The smallest absolute Gasteiger partial charge is 0.337 e. The molecule has 1 atom stereocenters. The topological polar surface area (TPSA) is 68.8 Å². The van der Waals surface area contributed by atoms with Crippen molar-refractivity contribution in [2.75, 3.05) is 21.3 Å². The van der Waals surface area contributed by atoms with E-state index in [1.807, 2.05) is 19.1 Å². The molecule has 0 bridgehead atoms. The minimum absolute atomic E-state index is 0.417. The monoisotopic (exact) mass is 336 g/mol. The first kappa shape index (κ1) is 17.1. The summed E-state index contributed by atoms with van der Waals surface area (Å²) in [6.07, 6.45) is 0.620. The molecule has 1 heterocycles. The first-order chi connectivity index (χ1) is 11.1. The van der Waals surface area contributed by atoms with Crippen LogP contribution in [0.3, 0.4) is 0 Å². The van der Waals surface area contributed by atoms with E-state index in [-0.39, 0.29) is 0 Å². The van der Waals surface area contributed by atoms with E-state index in [1.54, 1.807) is 20.3 Å². The Morgan fingerprint density at radius 1 is 1.26 bits per heavy atom. The van der Waals surface area contributed by atoms with E-state index in [0.717, 1.165) is 11.3 Å². The van der Waals surface area contributed by atoms with Crippen molar-refractivity contribution in [3.05, 3.63) is 35.0 Å². The van der Waals surface area contributed by atoms with Crippen LogP contribution in [-0.4, -0.2) is 32.4 Å². The SMILES string of the molecule is CCC1=C(C(=O)OC)[C@@H](c2cccc(OC)c2OC)NC(=S)N1. The van der Waals surface area contributed by atoms with Gasteiger partial charge in [0.1, 0.15) is 0 Å².